The topological polar surface area (TPSA) is 108 Å². The van der Waals surface area contributed by atoms with Crippen molar-refractivity contribution >= 4 is 17.9 Å². The zero-order valence-electron chi connectivity index (χ0n) is 10.4. The van der Waals surface area contributed by atoms with Crippen molar-refractivity contribution < 1.29 is 19.5 Å². The van der Waals surface area contributed by atoms with E-state index in [0.29, 0.717) is 25.9 Å². The molecule has 3 amide bonds. The van der Waals surface area contributed by atoms with Crippen molar-refractivity contribution in [3.8, 4) is 0 Å². The highest BCUT2D eigenvalue weighted by Crippen LogP contribution is 2.04. The molecule has 2 unspecified atom stereocenters. The third-order valence-electron chi connectivity index (χ3n) is 2.77. The fraction of sp³-hybridized carbons (Fsp3) is 0.727. The van der Waals surface area contributed by atoms with Gasteiger partial charge in [-0.05, 0) is 12.3 Å². The molecule has 1 rings (SSSR count). The Kier molecular flexibility index (Phi) is 5.41. The molecule has 1 aliphatic heterocycles. The third kappa shape index (κ3) is 5.51. The second-order valence-electron chi connectivity index (χ2n) is 4.60. The number of nitrogens with one attached hydrogen (secondary N) is 3. The van der Waals surface area contributed by atoms with Gasteiger partial charge in [0, 0.05) is 25.9 Å². The van der Waals surface area contributed by atoms with Crippen LogP contribution in [0.4, 0.5) is 4.79 Å². The van der Waals surface area contributed by atoms with Crippen molar-refractivity contribution in [3.05, 3.63) is 0 Å². The van der Waals surface area contributed by atoms with Crippen molar-refractivity contribution in [2.75, 3.05) is 13.1 Å². The standard InChI is InChI=1S/C11H19N3O4/c1-7(2-3-10(16)17)5-13-11(18)14-8-4-9(15)12-6-8/h7-8H,2-6H2,1H3,(H,12,15)(H,16,17)(H2,13,14,18). The molecule has 102 valence electrons. The highest BCUT2D eigenvalue weighted by atomic mass is 16.4. The Balaban J connectivity index is 2.12. The van der Waals surface area contributed by atoms with Crippen LogP contribution in [0, 0.1) is 5.92 Å². The predicted octanol–water partition coefficient (Wildman–Crippen LogP) is -0.325. The van der Waals surface area contributed by atoms with Crippen molar-refractivity contribution in [2.24, 2.45) is 5.92 Å². The number of carbonyl (C=O) groups excluding carboxylic acids is 2. The summed E-state index contributed by atoms with van der Waals surface area (Å²) in [7, 11) is 0. The Morgan fingerprint density at radius 2 is 2.28 bits per heavy atom. The van der Waals surface area contributed by atoms with E-state index in [2.05, 4.69) is 16.0 Å². The number of amides is 3. The van der Waals surface area contributed by atoms with Crippen LogP contribution in [0.1, 0.15) is 26.2 Å². The maximum absolute atomic E-state index is 11.5. The summed E-state index contributed by atoms with van der Waals surface area (Å²) in [5.74, 6) is -0.785. The van der Waals surface area contributed by atoms with Gasteiger partial charge in [0.2, 0.25) is 5.91 Å². The fourth-order valence-electron chi connectivity index (χ4n) is 1.68. The van der Waals surface area contributed by atoms with Crippen LogP contribution in [0.3, 0.4) is 0 Å². The van der Waals surface area contributed by atoms with E-state index >= 15 is 0 Å². The number of urea groups is 1. The molecule has 7 nitrogen and oxygen atoms in total. The largest absolute Gasteiger partial charge is 0.481 e. The van der Waals surface area contributed by atoms with E-state index in [1.807, 2.05) is 6.92 Å². The van der Waals surface area contributed by atoms with E-state index in [-0.39, 0.29) is 30.3 Å². The minimum absolute atomic E-state index is 0.0601. The first-order valence-corrected chi connectivity index (χ1v) is 6.00. The smallest absolute Gasteiger partial charge is 0.315 e. The van der Waals surface area contributed by atoms with E-state index in [1.54, 1.807) is 0 Å². The molecule has 1 saturated heterocycles. The molecule has 1 heterocycles. The van der Waals surface area contributed by atoms with Gasteiger partial charge in [-0.25, -0.2) is 4.79 Å². The first-order chi connectivity index (χ1) is 8.47. The van der Waals surface area contributed by atoms with Gasteiger partial charge in [0.05, 0.1) is 6.04 Å². The van der Waals surface area contributed by atoms with Crippen LogP contribution in [-0.4, -0.2) is 42.1 Å². The molecule has 0 aromatic carbocycles. The highest BCUT2D eigenvalue weighted by molar-refractivity contribution is 5.81. The Morgan fingerprint density at radius 3 is 2.83 bits per heavy atom. The molecular weight excluding hydrogens is 238 g/mol. The fourth-order valence-corrected chi connectivity index (χ4v) is 1.68. The summed E-state index contributed by atoms with van der Waals surface area (Å²) in [4.78, 5) is 32.7. The quantitative estimate of drug-likeness (QED) is 0.522. The van der Waals surface area contributed by atoms with Gasteiger partial charge in [0.1, 0.15) is 0 Å². The lowest BCUT2D eigenvalue weighted by molar-refractivity contribution is -0.137. The summed E-state index contributed by atoms with van der Waals surface area (Å²) < 4.78 is 0. The summed E-state index contributed by atoms with van der Waals surface area (Å²) in [6.07, 6.45) is 0.937. The predicted molar refractivity (Wildman–Crippen MR) is 64.0 cm³/mol. The van der Waals surface area contributed by atoms with Crippen molar-refractivity contribution in [1.82, 2.24) is 16.0 Å². The average Bonchev–Trinajstić information content (AvgIpc) is 2.69. The van der Waals surface area contributed by atoms with Gasteiger partial charge >= 0.3 is 12.0 Å². The van der Waals surface area contributed by atoms with Crippen molar-refractivity contribution in [2.45, 2.75) is 32.2 Å². The van der Waals surface area contributed by atoms with Crippen LogP contribution in [-0.2, 0) is 9.59 Å². The minimum Gasteiger partial charge on any atom is -0.481 e. The number of carboxylic acid groups (broad SMARTS) is 1. The lowest BCUT2D eigenvalue weighted by atomic mass is 10.1. The first-order valence-electron chi connectivity index (χ1n) is 6.00. The molecule has 0 saturated carbocycles. The van der Waals surface area contributed by atoms with Gasteiger partial charge in [-0.1, -0.05) is 6.92 Å². The number of hydrogen-bond acceptors (Lipinski definition) is 3. The monoisotopic (exact) mass is 257 g/mol. The number of rotatable bonds is 6. The maximum atomic E-state index is 11.5. The molecule has 0 radical (unpaired) electrons. The molecule has 1 fully saturated rings. The lowest BCUT2D eigenvalue weighted by Gasteiger charge is -2.14. The molecule has 0 bridgehead atoms. The molecule has 1 aliphatic rings. The van der Waals surface area contributed by atoms with Crippen LogP contribution < -0.4 is 16.0 Å². The number of hydrogen-bond donors (Lipinski definition) is 4. The van der Waals surface area contributed by atoms with Crippen LogP contribution in [0.5, 0.6) is 0 Å². The van der Waals surface area contributed by atoms with Gasteiger partial charge in [-0.2, -0.15) is 0 Å². The van der Waals surface area contributed by atoms with E-state index in [4.69, 9.17) is 5.11 Å². The van der Waals surface area contributed by atoms with Gasteiger partial charge in [0.15, 0.2) is 0 Å². The maximum Gasteiger partial charge on any atom is 0.315 e. The second-order valence-corrected chi connectivity index (χ2v) is 4.60. The third-order valence-corrected chi connectivity index (χ3v) is 2.77. The summed E-state index contributed by atoms with van der Waals surface area (Å²) in [5.41, 5.74) is 0. The van der Waals surface area contributed by atoms with Crippen LogP contribution in [0.2, 0.25) is 0 Å². The van der Waals surface area contributed by atoms with Gasteiger partial charge < -0.3 is 21.1 Å². The Bertz CT molecular complexity index is 332. The first kappa shape index (κ1) is 14.3. The zero-order chi connectivity index (χ0) is 13.5. The number of aliphatic carboxylic acids is 1. The van der Waals surface area contributed by atoms with Gasteiger partial charge in [-0.15, -0.1) is 0 Å². The molecule has 0 spiro atoms. The van der Waals surface area contributed by atoms with Crippen molar-refractivity contribution in [1.29, 1.82) is 0 Å². The van der Waals surface area contributed by atoms with E-state index in [0.717, 1.165) is 0 Å². The average molecular weight is 257 g/mol. The molecule has 0 aromatic heterocycles. The summed E-state index contributed by atoms with van der Waals surface area (Å²) in [6, 6.07) is -0.481. The van der Waals surface area contributed by atoms with E-state index in [1.165, 1.54) is 0 Å². The van der Waals surface area contributed by atoms with Crippen molar-refractivity contribution in [3.63, 3.8) is 0 Å². The molecule has 2 atom stereocenters. The van der Waals surface area contributed by atoms with Crippen LogP contribution in [0.25, 0.3) is 0 Å². The summed E-state index contributed by atoms with van der Waals surface area (Å²) in [6.45, 7) is 2.76. The summed E-state index contributed by atoms with van der Waals surface area (Å²) >= 11 is 0. The number of carbonyl (C=O) groups is 3. The summed E-state index contributed by atoms with van der Waals surface area (Å²) in [5, 5.41) is 16.5. The van der Waals surface area contributed by atoms with Crippen LogP contribution >= 0.6 is 0 Å². The molecule has 0 aromatic rings. The zero-order valence-corrected chi connectivity index (χ0v) is 10.4. The normalized spacial score (nSPS) is 20.1. The molecule has 4 N–H and O–H groups in total. The molecule has 18 heavy (non-hydrogen) atoms. The van der Waals surface area contributed by atoms with E-state index in [9.17, 15) is 14.4 Å². The molecule has 7 heteroatoms. The molecular formula is C11H19N3O4. The van der Waals surface area contributed by atoms with Gasteiger partial charge in [0.25, 0.3) is 0 Å². The van der Waals surface area contributed by atoms with Crippen LogP contribution in [0.15, 0.2) is 0 Å². The Hall–Kier alpha value is -1.79. The van der Waals surface area contributed by atoms with E-state index < -0.39 is 5.97 Å². The van der Waals surface area contributed by atoms with Gasteiger partial charge in [-0.3, -0.25) is 9.59 Å². The SMILES string of the molecule is CC(CCC(=O)O)CNC(=O)NC1CNC(=O)C1. The highest BCUT2D eigenvalue weighted by Gasteiger charge is 2.22. The number of carboxylic acids is 1. The minimum atomic E-state index is -0.832. The molecule has 0 aliphatic carbocycles. The Labute approximate surface area is 105 Å². The Morgan fingerprint density at radius 1 is 1.56 bits per heavy atom. The lowest BCUT2D eigenvalue weighted by Crippen LogP contribution is -2.44. The second kappa shape index (κ2) is 6.83.